The van der Waals surface area contributed by atoms with Crippen LogP contribution >= 0.6 is 11.6 Å². The van der Waals surface area contributed by atoms with E-state index >= 15 is 0 Å². The molecular weight excluding hydrogens is 340 g/mol. The van der Waals surface area contributed by atoms with E-state index in [0.717, 1.165) is 32.5 Å². The van der Waals surface area contributed by atoms with Crippen molar-refractivity contribution in [3.8, 4) is 0 Å². The highest BCUT2D eigenvalue weighted by molar-refractivity contribution is 6.33. The van der Waals surface area contributed by atoms with Gasteiger partial charge >= 0.3 is 0 Å². The minimum absolute atomic E-state index is 0.0805. The summed E-state index contributed by atoms with van der Waals surface area (Å²) in [6.07, 6.45) is 2.84. The monoisotopic (exact) mass is 364 g/mol. The van der Waals surface area contributed by atoms with E-state index in [-0.39, 0.29) is 11.8 Å². The lowest BCUT2D eigenvalue weighted by Gasteiger charge is -2.34. The molecule has 7 heteroatoms. The van der Waals surface area contributed by atoms with Gasteiger partial charge in [-0.25, -0.2) is 0 Å². The van der Waals surface area contributed by atoms with Gasteiger partial charge in [0.15, 0.2) is 0 Å². The highest BCUT2D eigenvalue weighted by atomic mass is 35.5. The number of halogens is 1. The van der Waals surface area contributed by atoms with Gasteiger partial charge in [0, 0.05) is 38.6 Å². The molecule has 1 aromatic carbocycles. The summed E-state index contributed by atoms with van der Waals surface area (Å²) in [5.41, 5.74) is 0.632. The third-order valence-corrected chi connectivity index (χ3v) is 5.15. The Morgan fingerprint density at radius 2 is 1.96 bits per heavy atom. The largest absolute Gasteiger partial charge is 0.340 e. The molecule has 2 fully saturated rings. The van der Waals surface area contributed by atoms with Crippen LogP contribution in [-0.4, -0.2) is 66.9 Å². The van der Waals surface area contributed by atoms with Crippen molar-refractivity contribution in [2.45, 2.75) is 25.3 Å². The fourth-order valence-corrected chi connectivity index (χ4v) is 3.56. The number of carbonyl (C=O) groups is 2. The van der Waals surface area contributed by atoms with Crippen LogP contribution in [-0.2, 0) is 9.59 Å². The van der Waals surface area contributed by atoms with Crippen molar-refractivity contribution >= 4 is 29.1 Å². The van der Waals surface area contributed by atoms with Gasteiger partial charge < -0.3 is 15.5 Å². The maximum Gasteiger partial charge on any atom is 0.238 e. The Morgan fingerprint density at radius 1 is 1.20 bits per heavy atom. The topological polar surface area (TPSA) is 64.7 Å². The Balaban J connectivity index is 1.40. The fourth-order valence-electron chi connectivity index (χ4n) is 3.38. The molecule has 0 radical (unpaired) electrons. The molecule has 2 saturated heterocycles. The van der Waals surface area contributed by atoms with Crippen molar-refractivity contribution in [1.82, 2.24) is 15.1 Å². The van der Waals surface area contributed by atoms with E-state index < -0.39 is 0 Å². The molecule has 2 amide bonds. The maximum absolute atomic E-state index is 12.3. The quantitative estimate of drug-likeness (QED) is 0.832. The van der Waals surface area contributed by atoms with Crippen molar-refractivity contribution in [2.75, 3.05) is 44.6 Å². The lowest BCUT2D eigenvalue weighted by atomic mass is 10.1. The molecule has 1 unspecified atom stereocenters. The normalized spacial score (nSPS) is 21.3. The molecule has 0 aromatic heterocycles. The van der Waals surface area contributed by atoms with Gasteiger partial charge in [-0.1, -0.05) is 23.7 Å². The van der Waals surface area contributed by atoms with E-state index in [1.165, 1.54) is 0 Å². The van der Waals surface area contributed by atoms with Crippen LogP contribution < -0.4 is 10.6 Å². The van der Waals surface area contributed by atoms with Crippen molar-refractivity contribution in [3.63, 3.8) is 0 Å². The van der Waals surface area contributed by atoms with Crippen LogP contribution in [0.2, 0.25) is 5.02 Å². The second-order valence-corrected chi connectivity index (χ2v) is 7.09. The zero-order valence-electron chi connectivity index (χ0n) is 14.3. The molecule has 0 aliphatic carbocycles. The summed E-state index contributed by atoms with van der Waals surface area (Å²) in [5, 5.41) is 6.74. The Kier molecular flexibility index (Phi) is 6.29. The molecule has 0 saturated carbocycles. The molecule has 0 spiro atoms. The average molecular weight is 365 g/mol. The summed E-state index contributed by atoms with van der Waals surface area (Å²) in [6.45, 7) is 4.15. The molecule has 25 heavy (non-hydrogen) atoms. The first kappa shape index (κ1) is 18.2. The number of amides is 2. The van der Waals surface area contributed by atoms with Gasteiger partial charge in [0.2, 0.25) is 11.8 Å². The zero-order valence-corrected chi connectivity index (χ0v) is 15.1. The molecule has 1 atom stereocenters. The first-order chi connectivity index (χ1) is 12.1. The number of piperazine rings is 1. The highest BCUT2D eigenvalue weighted by Gasteiger charge is 2.25. The van der Waals surface area contributed by atoms with E-state index in [1.807, 2.05) is 17.0 Å². The van der Waals surface area contributed by atoms with Crippen LogP contribution in [0.25, 0.3) is 0 Å². The molecule has 0 bridgehead atoms. The Morgan fingerprint density at radius 3 is 2.64 bits per heavy atom. The number of nitrogens with zero attached hydrogens (tertiary/aromatic N) is 2. The second-order valence-electron chi connectivity index (χ2n) is 6.68. The third-order valence-electron chi connectivity index (χ3n) is 4.82. The van der Waals surface area contributed by atoms with Gasteiger partial charge in [0.05, 0.1) is 17.3 Å². The summed E-state index contributed by atoms with van der Waals surface area (Å²) in [7, 11) is 0. The molecule has 2 heterocycles. The molecule has 2 aliphatic heterocycles. The van der Waals surface area contributed by atoms with E-state index in [4.69, 9.17) is 11.6 Å². The standard InChI is InChI=1S/C18H25ClN4O2/c19-15-5-1-2-6-16(15)21-17(24)13-22-8-10-23(11-9-22)18(25)12-14-4-3-7-20-14/h1-2,5-6,14,20H,3-4,7-13H2,(H,21,24). The lowest BCUT2D eigenvalue weighted by Crippen LogP contribution is -2.51. The second kappa shape index (κ2) is 8.65. The van der Waals surface area contributed by atoms with E-state index in [2.05, 4.69) is 15.5 Å². The number of carbonyl (C=O) groups excluding carboxylic acids is 2. The first-order valence-corrected chi connectivity index (χ1v) is 9.27. The number of hydrogen-bond acceptors (Lipinski definition) is 4. The Labute approximate surface area is 153 Å². The summed E-state index contributed by atoms with van der Waals surface area (Å²) in [6, 6.07) is 7.54. The van der Waals surface area contributed by atoms with Gasteiger partial charge in [0.25, 0.3) is 0 Å². The average Bonchev–Trinajstić information content (AvgIpc) is 3.10. The van der Waals surface area contributed by atoms with Crippen LogP contribution in [0.3, 0.4) is 0 Å². The van der Waals surface area contributed by atoms with Gasteiger partial charge in [-0.05, 0) is 31.5 Å². The summed E-state index contributed by atoms with van der Waals surface area (Å²) in [4.78, 5) is 28.5. The first-order valence-electron chi connectivity index (χ1n) is 8.90. The molecule has 6 nitrogen and oxygen atoms in total. The van der Waals surface area contributed by atoms with Crippen LogP contribution in [0.15, 0.2) is 24.3 Å². The zero-order chi connectivity index (χ0) is 17.6. The predicted molar refractivity (Wildman–Crippen MR) is 98.7 cm³/mol. The third kappa shape index (κ3) is 5.17. The highest BCUT2D eigenvalue weighted by Crippen LogP contribution is 2.20. The minimum atomic E-state index is -0.0805. The summed E-state index contributed by atoms with van der Waals surface area (Å²) >= 11 is 6.06. The summed E-state index contributed by atoms with van der Waals surface area (Å²) < 4.78 is 0. The lowest BCUT2D eigenvalue weighted by molar-refractivity contribution is -0.133. The van der Waals surface area contributed by atoms with Crippen molar-refractivity contribution in [2.24, 2.45) is 0 Å². The number of nitrogens with one attached hydrogen (secondary N) is 2. The number of rotatable bonds is 5. The maximum atomic E-state index is 12.3. The van der Waals surface area contributed by atoms with E-state index in [1.54, 1.807) is 12.1 Å². The number of hydrogen-bond donors (Lipinski definition) is 2. The van der Waals surface area contributed by atoms with E-state index in [0.29, 0.717) is 42.8 Å². The smallest absolute Gasteiger partial charge is 0.238 e. The molecular formula is C18H25ClN4O2. The van der Waals surface area contributed by atoms with Crippen molar-refractivity contribution < 1.29 is 9.59 Å². The van der Waals surface area contributed by atoms with Crippen LogP contribution in [0.4, 0.5) is 5.69 Å². The van der Waals surface area contributed by atoms with Gasteiger partial charge in [-0.15, -0.1) is 0 Å². The Hall–Kier alpha value is -1.63. The number of anilines is 1. The SMILES string of the molecule is O=C(CN1CCN(C(=O)CC2CCCN2)CC1)Nc1ccccc1Cl. The van der Waals surface area contributed by atoms with Crippen LogP contribution in [0.1, 0.15) is 19.3 Å². The van der Waals surface area contributed by atoms with Crippen LogP contribution in [0, 0.1) is 0 Å². The predicted octanol–water partition coefficient (Wildman–Crippen LogP) is 1.56. The van der Waals surface area contributed by atoms with Gasteiger partial charge in [-0.2, -0.15) is 0 Å². The van der Waals surface area contributed by atoms with Crippen molar-refractivity contribution in [3.05, 3.63) is 29.3 Å². The molecule has 1 aromatic rings. The molecule has 136 valence electrons. The minimum Gasteiger partial charge on any atom is -0.340 e. The fraction of sp³-hybridized carbons (Fsp3) is 0.556. The Bertz CT molecular complexity index is 611. The summed E-state index contributed by atoms with van der Waals surface area (Å²) in [5.74, 6) is 0.141. The van der Waals surface area contributed by atoms with Crippen LogP contribution in [0.5, 0.6) is 0 Å². The van der Waals surface area contributed by atoms with Gasteiger partial charge in [-0.3, -0.25) is 14.5 Å². The molecule has 2 N–H and O–H groups in total. The number of para-hydroxylation sites is 1. The van der Waals surface area contributed by atoms with Crippen molar-refractivity contribution in [1.29, 1.82) is 0 Å². The molecule has 2 aliphatic rings. The van der Waals surface area contributed by atoms with E-state index in [9.17, 15) is 9.59 Å². The van der Waals surface area contributed by atoms with Gasteiger partial charge in [0.1, 0.15) is 0 Å². The molecule has 3 rings (SSSR count). The number of benzene rings is 1.